The van der Waals surface area contributed by atoms with Gasteiger partial charge in [-0.15, -0.1) is 0 Å². The molecule has 0 bridgehead atoms. The molecule has 3 heteroatoms. The first-order valence-electron chi connectivity index (χ1n) is 13.3. The van der Waals surface area contributed by atoms with Crippen molar-refractivity contribution in [2.75, 3.05) is 0 Å². The largest absolute Gasteiger partial charge is 0.390 e. The first kappa shape index (κ1) is 24.5. The maximum Gasteiger partial charge on any atom is 0.138 e. The van der Waals surface area contributed by atoms with E-state index in [1.54, 1.807) is 25.0 Å². The van der Waals surface area contributed by atoms with Crippen LogP contribution in [0.5, 0.6) is 0 Å². The molecular weight excluding hydrogens is 396 g/mol. The van der Waals surface area contributed by atoms with Crippen molar-refractivity contribution in [3.05, 3.63) is 11.1 Å². The van der Waals surface area contributed by atoms with Crippen molar-refractivity contribution in [2.45, 2.75) is 131 Å². The van der Waals surface area contributed by atoms with Crippen molar-refractivity contribution in [1.29, 1.82) is 0 Å². The molecule has 3 unspecified atom stereocenters. The Balaban J connectivity index is 1.57. The molecule has 4 aliphatic rings. The van der Waals surface area contributed by atoms with Gasteiger partial charge in [0.25, 0.3) is 0 Å². The minimum absolute atomic E-state index is 0.188. The molecule has 2 saturated carbocycles. The molecule has 0 aromatic heterocycles. The van der Waals surface area contributed by atoms with E-state index in [0.29, 0.717) is 29.5 Å². The van der Waals surface area contributed by atoms with E-state index in [1.807, 2.05) is 0 Å². The van der Waals surface area contributed by atoms with Crippen LogP contribution in [-0.2, 0) is 4.79 Å². The second-order valence-electron chi connectivity index (χ2n) is 13.7. The lowest BCUT2D eigenvalue weighted by molar-refractivity contribution is -0.139. The van der Waals surface area contributed by atoms with Crippen LogP contribution in [0.15, 0.2) is 11.1 Å². The predicted molar refractivity (Wildman–Crippen MR) is 130 cm³/mol. The summed E-state index contributed by atoms with van der Waals surface area (Å²) < 4.78 is 0. The van der Waals surface area contributed by atoms with Crippen LogP contribution in [-0.4, -0.2) is 27.7 Å². The Kier molecular flexibility index (Phi) is 5.86. The highest BCUT2D eigenvalue weighted by Gasteiger charge is 2.62. The van der Waals surface area contributed by atoms with Crippen LogP contribution in [0, 0.1) is 33.5 Å². The van der Waals surface area contributed by atoms with Gasteiger partial charge in [-0.05, 0) is 99.7 Å². The Morgan fingerprint density at radius 3 is 2.31 bits per heavy atom. The predicted octanol–water partition coefficient (Wildman–Crippen LogP) is 6.61. The molecule has 0 heterocycles. The van der Waals surface area contributed by atoms with E-state index < -0.39 is 11.7 Å². The minimum Gasteiger partial charge on any atom is -0.390 e. The maximum atomic E-state index is 12.8. The van der Waals surface area contributed by atoms with Gasteiger partial charge in [-0.25, -0.2) is 0 Å². The number of ketones is 1. The van der Waals surface area contributed by atoms with Gasteiger partial charge in [0.2, 0.25) is 0 Å². The molecular formula is C29H48O3. The molecule has 0 aromatic rings. The fourth-order valence-corrected chi connectivity index (χ4v) is 8.98. The first-order valence-corrected chi connectivity index (χ1v) is 13.3. The Labute approximate surface area is 196 Å². The molecule has 0 amide bonds. The zero-order valence-corrected chi connectivity index (χ0v) is 21.8. The van der Waals surface area contributed by atoms with Crippen molar-refractivity contribution >= 4 is 5.78 Å². The van der Waals surface area contributed by atoms with Crippen molar-refractivity contribution < 1.29 is 15.0 Å². The van der Waals surface area contributed by atoms with Crippen molar-refractivity contribution in [2.24, 2.45) is 33.5 Å². The molecule has 2 N–H and O–H groups in total. The van der Waals surface area contributed by atoms with Gasteiger partial charge in [-0.3, -0.25) is 4.79 Å². The first-order chi connectivity index (χ1) is 14.7. The number of carbonyl (C=O) groups is 1. The van der Waals surface area contributed by atoms with E-state index in [0.717, 1.165) is 25.7 Å². The lowest BCUT2D eigenvalue weighted by atomic mass is 9.43. The van der Waals surface area contributed by atoms with E-state index >= 15 is 0 Å². The molecule has 0 aromatic carbocycles. The van der Waals surface area contributed by atoms with E-state index in [1.165, 1.54) is 38.5 Å². The number of aliphatic hydroxyl groups is 2. The van der Waals surface area contributed by atoms with Crippen molar-refractivity contribution in [3.63, 3.8) is 0 Å². The van der Waals surface area contributed by atoms with Crippen LogP contribution in [0.1, 0.15) is 119 Å². The number of hydrogen-bond donors (Lipinski definition) is 2. The van der Waals surface area contributed by atoms with Crippen LogP contribution >= 0.6 is 0 Å². The van der Waals surface area contributed by atoms with Gasteiger partial charge in [0.05, 0.1) is 11.7 Å². The normalized spacial score (nSPS) is 42.3. The molecule has 2 fully saturated rings. The summed E-state index contributed by atoms with van der Waals surface area (Å²) in [6.07, 6.45) is 11.4. The van der Waals surface area contributed by atoms with Gasteiger partial charge < -0.3 is 10.2 Å². The summed E-state index contributed by atoms with van der Waals surface area (Å²) in [5, 5.41) is 20.4. The molecule has 0 aliphatic heterocycles. The molecule has 32 heavy (non-hydrogen) atoms. The van der Waals surface area contributed by atoms with Gasteiger partial charge in [-0.2, -0.15) is 0 Å². The second-order valence-corrected chi connectivity index (χ2v) is 13.7. The Bertz CT molecular complexity index is 802. The molecule has 182 valence electrons. The molecule has 0 radical (unpaired) electrons. The summed E-state index contributed by atoms with van der Waals surface area (Å²) >= 11 is 0. The highest BCUT2D eigenvalue weighted by molar-refractivity contribution is 5.85. The van der Waals surface area contributed by atoms with Gasteiger partial charge in [0, 0.05) is 11.8 Å². The zero-order chi connectivity index (χ0) is 23.7. The summed E-state index contributed by atoms with van der Waals surface area (Å²) in [6.45, 7) is 15.5. The third-order valence-electron chi connectivity index (χ3n) is 11.5. The number of hydrogen-bond acceptors (Lipinski definition) is 3. The molecule has 3 nitrogen and oxygen atoms in total. The van der Waals surface area contributed by atoms with Gasteiger partial charge in [0.1, 0.15) is 5.78 Å². The minimum atomic E-state index is -1.01. The molecule has 4 aliphatic carbocycles. The van der Waals surface area contributed by atoms with Crippen LogP contribution in [0.25, 0.3) is 0 Å². The summed E-state index contributed by atoms with van der Waals surface area (Å²) in [4.78, 5) is 12.8. The quantitative estimate of drug-likeness (QED) is 0.469. The molecule has 0 spiro atoms. The van der Waals surface area contributed by atoms with E-state index in [-0.39, 0.29) is 16.2 Å². The Morgan fingerprint density at radius 2 is 1.66 bits per heavy atom. The molecule has 0 saturated heterocycles. The SMILES string of the molecule is CC(C)(O)C(O)CCCC1CC[C@@]2(C)C3=C(CC[C@]12C)[C@@]1(C)CCC(=O)C(C)(C)C1CC3. The average Bonchev–Trinajstić information content (AvgIpc) is 2.96. The van der Waals surface area contributed by atoms with Gasteiger partial charge in [0.15, 0.2) is 0 Å². The highest BCUT2D eigenvalue weighted by atomic mass is 16.3. The van der Waals surface area contributed by atoms with E-state index in [9.17, 15) is 15.0 Å². The Hall–Kier alpha value is -0.670. The fraction of sp³-hybridized carbons (Fsp3) is 0.897. The van der Waals surface area contributed by atoms with Crippen molar-refractivity contribution in [1.82, 2.24) is 0 Å². The zero-order valence-electron chi connectivity index (χ0n) is 21.8. The van der Waals surface area contributed by atoms with E-state index in [4.69, 9.17) is 0 Å². The Morgan fingerprint density at radius 1 is 0.969 bits per heavy atom. The highest BCUT2D eigenvalue weighted by Crippen LogP contribution is 2.71. The number of Topliss-reactive ketones (excluding diaryl/α,β-unsaturated/α-hetero) is 1. The average molecular weight is 445 g/mol. The number of rotatable bonds is 5. The number of fused-ring (bicyclic) bond motifs is 4. The van der Waals surface area contributed by atoms with Crippen LogP contribution in [0.4, 0.5) is 0 Å². The monoisotopic (exact) mass is 444 g/mol. The number of aliphatic hydroxyl groups excluding tert-OH is 1. The van der Waals surface area contributed by atoms with Crippen LogP contribution < -0.4 is 0 Å². The maximum absolute atomic E-state index is 12.8. The summed E-state index contributed by atoms with van der Waals surface area (Å²) in [7, 11) is 0. The third kappa shape index (κ3) is 3.39. The smallest absolute Gasteiger partial charge is 0.138 e. The third-order valence-corrected chi connectivity index (χ3v) is 11.5. The van der Waals surface area contributed by atoms with Gasteiger partial charge >= 0.3 is 0 Å². The fourth-order valence-electron chi connectivity index (χ4n) is 8.98. The van der Waals surface area contributed by atoms with Gasteiger partial charge in [-0.1, -0.05) is 52.2 Å². The van der Waals surface area contributed by atoms with E-state index in [2.05, 4.69) is 34.6 Å². The standard InChI is InChI=1S/C29H48O3/c1-25(2)22-12-11-21-20(27(22,5)16-15-23(25)30)14-18-28(6)19(13-17-29(21,28)7)9-8-10-24(31)26(3,4)32/h19,22,24,31-32H,8-18H2,1-7H3/t19?,22?,24?,27-,28-,29+/m1/s1. The lowest BCUT2D eigenvalue weighted by Crippen LogP contribution is -2.53. The van der Waals surface area contributed by atoms with Crippen LogP contribution in [0.3, 0.4) is 0 Å². The van der Waals surface area contributed by atoms with Crippen molar-refractivity contribution in [3.8, 4) is 0 Å². The molecule has 6 atom stereocenters. The summed E-state index contributed by atoms with van der Waals surface area (Å²) in [5.74, 6) is 1.67. The number of carbonyl (C=O) groups excluding carboxylic acids is 1. The molecule has 4 rings (SSSR count). The van der Waals surface area contributed by atoms with Crippen LogP contribution in [0.2, 0.25) is 0 Å². The second kappa shape index (κ2) is 7.67. The topological polar surface area (TPSA) is 57.5 Å². The summed E-state index contributed by atoms with van der Waals surface area (Å²) in [5.41, 5.74) is 3.12. The summed E-state index contributed by atoms with van der Waals surface area (Å²) in [6, 6.07) is 0. The number of allylic oxidation sites excluding steroid dienone is 2. The lowest BCUT2D eigenvalue weighted by Gasteiger charge is -2.60.